The van der Waals surface area contributed by atoms with Gasteiger partial charge in [-0.05, 0) is 31.5 Å². The summed E-state index contributed by atoms with van der Waals surface area (Å²) in [5.41, 5.74) is 13.6. The van der Waals surface area contributed by atoms with Crippen LogP contribution in [-0.2, 0) is 4.79 Å². The summed E-state index contributed by atoms with van der Waals surface area (Å²) in [5, 5.41) is 16.6. The summed E-state index contributed by atoms with van der Waals surface area (Å²) in [6.45, 7) is 3.80. The number of hydrogen-bond donors (Lipinski definition) is 3. The van der Waals surface area contributed by atoms with Gasteiger partial charge < -0.3 is 25.7 Å². The number of nitrogens with zero attached hydrogens (tertiary/aromatic N) is 2. The van der Waals surface area contributed by atoms with Crippen LogP contribution in [0.2, 0.25) is 0 Å². The zero-order valence-corrected chi connectivity index (χ0v) is 14.9. The number of aryl methyl sites for hydroxylation is 1. The van der Waals surface area contributed by atoms with Gasteiger partial charge in [0.2, 0.25) is 11.8 Å². The first-order valence-electron chi connectivity index (χ1n) is 8.26. The smallest absolute Gasteiger partial charge is 0.255 e. The Morgan fingerprint density at radius 3 is 2.85 bits per heavy atom. The van der Waals surface area contributed by atoms with Crippen molar-refractivity contribution in [3.63, 3.8) is 0 Å². The Hall–Kier alpha value is -3.67. The van der Waals surface area contributed by atoms with Crippen LogP contribution >= 0.6 is 0 Å². The first-order chi connectivity index (χ1) is 13.0. The van der Waals surface area contributed by atoms with Crippen molar-refractivity contribution in [1.82, 2.24) is 10.2 Å². The monoisotopic (exact) mass is 369 g/mol. The first kappa shape index (κ1) is 18.1. The van der Waals surface area contributed by atoms with Crippen LogP contribution in [0.3, 0.4) is 0 Å². The van der Waals surface area contributed by atoms with Gasteiger partial charge in [0.1, 0.15) is 11.6 Å². The zero-order valence-electron chi connectivity index (χ0n) is 14.9. The number of nitrogens with one attached hydrogen (secondary N) is 1. The first-order valence-corrected chi connectivity index (χ1v) is 8.26. The average molecular weight is 369 g/mol. The van der Waals surface area contributed by atoms with Gasteiger partial charge in [0.15, 0.2) is 18.1 Å². The van der Waals surface area contributed by atoms with Crippen molar-refractivity contribution in [3.05, 3.63) is 46.5 Å². The molecule has 27 heavy (non-hydrogen) atoms. The number of rotatable bonds is 6. The Labute approximate surface area is 155 Å². The molecule has 5 N–H and O–H groups in total. The van der Waals surface area contributed by atoms with Crippen LogP contribution in [0.15, 0.2) is 29.7 Å². The molecule has 1 aliphatic rings. The number of fused-ring (bicyclic) bond motifs is 1. The maximum atomic E-state index is 11.0. The molecule has 2 aromatic rings. The number of carbonyl (C=O) groups excluding carboxylic acids is 1. The van der Waals surface area contributed by atoms with Gasteiger partial charge in [-0.25, -0.2) is 0 Å². The summed E-state index contributed by atoms with van der Waals surface area (Å²) in [7, 11) is 0. The molecule has 0 fully saturated rings. The fraction of sp³-hybridized carbons (Fsp3) is 0.278. The number of ether oxygens (including phenoxy) is 3. The van der Waals surface area contributed by atoms with Gasteiger partial charge in [-0.1, -0.05) is 6.07 Å². The highest BCUT2D eigenvalue weighted by molar-refractivity contribution is 5.75. The summed E-state index contributed by atoms with van der Waals surface area (Å²) in [6, 6.07) is 7.31. The van der Waals surface area contributed by atoms with Crippen LogP contribution in [0, 0.1) is 18.3 Å². The molecule has 0 saturated carbocycles. The predicted molar refractivity (Wildman–Crippen MR) is 94.9 cm³/mol. The summed E-state index contributed by atoms with van der Waals surface area (Å²) < 4.78 is 16.5. The van der Waals surface area contributed by atoms with Crippen molar-refractivity contribution in [3.8, 4) is 23.4 Å². The molecule has 1 aromatic carbocycles. The SMILES string of the molecule is CCOc1cc([C@H]2C(C#N)=C(N)Oc3n[nH]c(C)c32)ccc1OCC(N)=O. The van der Waals surface area contributed by atoms with Gasteiger partial charge in [-0.15, -0.1) is 5.10 Å². The minimum absolute atomic E-state index is 0.00788. The van der Waals surface area contributed by atoms with E-state index in [2.05, 4.69) is 16.3 Å². The number of carbonyl (C=O) groups is 1. The van der Waals surface area contributed by atoms with E-state index in [4.69, 9.17) is 25.7 Å². The van der Waals surface area contributed by atoms with Gasteiger partial charge in [-0.2, -0.15) is 5.26 Å². The van der Waals surface area contributed by atoms with Crippen LogP contribution in [0.4, 0.5) is 0 Å². The molecule has 1 amide bonds. The van der Waals surface area contributed by atoms with E-state index in [1.807, 2.05) is 13.8 Å². The number of H-pyrrole nitrogens is 1. The fourth-order valence-electron chi connectivity index (χ4n) is 2.97. The highest BCUT2D eigenvalue weighted by atomic mass is 16.5. The lowest BCUT2D eigenvalue weighted by atomic mass is 9.84. The molecule has 9 heteroatoms. The molecular formula is C18H19N5O4. The third-order valence-electron chi connectivity index (χ3n) is 4.10. The van der Waals surface area contributed by atoms with Crippen molar-refractivity contribution in [2.45, 2.75) is 19.8 Å². The number of nitrogens with two attached hydrogens (primary N) is 2. The molecule has 140 valence electrons. The maximum absolute atomic E-state index is 11.0. The molecule has 1 aliphatic heterocycles. The Kier molecular flexibility index (Phi) is 4.90. The highest BCUT2D eigenvalue weighted by Crippen LogP contribution is 2.44. The van der Waals surface area contributed by atoms with Crippen LogP contribution in [0.25, 0.3) is 0 Å². The topological polar surface area (TPSA) is 149 Å². The highest BCUT2D eigenvalue weighted by Gasteiger charge is 2.34. The number of nitriles is 1. The summed E-state index contributed by atoms with van der Waals surface area (Å²) in [6.07, 6.45) is 0. The van der Waals surface area contributed by atoms with Crippen LogP contribution in [-0.4, -0.2) is 29.3 Å². The third kappa shape index (κ3) is 3.37. The van der Waals surface area contributed by atoms with E-state index >= 15 is 0 Å². The van der Waals surface area contributed by atoms with E-state index < -0.39 is 11.8 Å². The number of aromatic nitrogens is 2. The molecule has 0 unspecified atom stereocenters. The van der Waals surface area contributed by atoms with Crippen molar-refractivity contribution in [1.29, 1.82) is 5.26 Å². The van der Waals surface area contributed by atoms with Crippen molar-refractivity contribution in [2.75, 3.05) is 13.2 Å². The van der Waals surface area contributed by atoms with Crippen molar-refractivity contribution in [2.24, 2.45) is 11.5 Å². The molecular weight excluding hydrogens is 350 g/mol. The molecule has 0 radical (unpaired) electrons. The van der Waals surface area contributed by atoms with E-state index in [9.17, 15) is 10.1 Å². The average Bonchev–Trinajstić information content (AvgIpc) is 3.00. The number of primary amides is 1. The van der Waals surface area contributed by atoms with E-state index in [1.54, 1.807) is 18.2 Å². The summed E-state index contributed by atoms with van der Waals surface area (Å²) in [4.78, 5) is 11.0. The molecule has 0 bridgehead atoms. The number of amides is 1. The van der Waals surface area contributed by atoms with Crippen molar-refractivity contribution >= 4 is 5.91 Å². The largest absolute Gasteiger partial charge is 0.490 e. The Bertz CT molecular complexity index is 957. The van der Waals surface area contributed by atoms with Gasteiger partial charge in [0.05, 0.1) is 12.5 Å². The normalized spacial score (nSPS) is 15.5. The minimum Gasteiger partial charge on any atom is -0.490 e. The lowest BCUT2D eigenvalue weighted by Gasteiger charge is -2.24. The Morgan fingerprint density at radius 2 is 2.19 bits per heavy atom. The standard InChI is InChI=1S/C18H19N5O4/c1-3-25-13-6-10(4-5-12(13)26-8-14(20)24)16-11(7-19)17(21)27-18-15(16)9(2)22-23-18/h4-6,16H,3,8,21H2,1-2H3,(H2,20,24)(H,22,23)/t16-/m0/s1. The van der Waals surface area contributed by atoms with E-state index in [0.29, 0.717) is 24.0 Å². The lowest BCUT2D eigenvalue weighted by Crippen LogP contribution is -2.21. The number of allylic oxidation sites excluding steroid dienone is 1. The molecule has 0 aliphatic carbocycles. The van der Waals surface area contributed by atoms with Gasteiger partial charge in [0.25, 0.3) is 5.91 Å². The van der Waals surface area contributed by atoms with Gasteiger partial charge >= 0.3 is 0 Å². The second-order valence-corrected chi connectivity index (χ2v) is 5.89. The Balaban J connectivity index is 2.09. The van der Waals surface area contributed by atoms with Crippen LogP contribution in [0.1, 0.15) is 29.7 Å². The molecule has 1 aromatic heterocycles. The molecule has 0 saturated heterocycles. The second kappa shape index (κ2) is 7.29. The van der Waals surface area contributed by atoms with E-state index in [-0.39, 0.29) is 18.1 Å². The molecule has 3 rings (SSSR count). The fourth-order valence-corrected chi connectivity index (χ4v) is 2.97. The Morgan fingerprint density at radius 1 is 1.41 bits per heavy atom. The second-order valence-electron chi connectivity index (χ2n) is 5.89. The number of aromatic amines is 1. The third-order valence-corrected chi connectivity index (χ3v) is 4.10. The number of hydrogen-bond acceptors (Lipinski definition) is 7. The summed E-state index contributed by atoms with van der Waals surface area (Å²) in [5.74, 6) is 0.0934. The minimum atomic E-state index is -0.591. The molecule has 1 atom stereocenters. The van der Waals surface area contributed by atoms with E-state index in [1.165, 1.54) is 0 Å². The van der Waals surface area contributed by atoms with Crippen molar-refractivity contribution < 1.29 is 19.0 Å². The molecule has 2 heterocycles. The van der Waals surface area contributed by atoms with Crippen LogP contribution < -0.4 is 25.7 Å². The number of benzene rings is 1. The molecule has 0 spiro atoms. The van der Waals surface area contributed by atoms with Crippen LogP contribution in [0.5, 0.6) is 17.4 Å². The molecule has 9 nitrogen and oxygen atoms in total. The van der Waals surface area contributed by atoms with Gasteiger partial charge in [-0.3, -0.25) is 9.89 Å². The lowest BCUT2D eigenvalue weighted by molar-refractivity contribution is -0.119. The quantitative estimate of drug-likeness (QED) is 0.692. The zero-order chi connectivity index (χ0) is 19.6. The summed E-state index contributed by atoms with van der Waals surface area (Å²) >= 11 is 0. The van der Waals surface area contributed by atoms with Gasteiger partial charge in [0, 0.05) is 11.3 Å². The predicted octanol–water partition coefficient (Wildman–Crippen LogP) is 1.20. The van der Waals surface area contributed by atoms with E-state index in [0.717, 1.165) is 16.8 Å². The maximum Gasteiger partial charge on any atom is 0.255 e.